The number of pyridine rings is 1. The maximum Gasteiger partial charge on any atom is 0.269 e. The van der Waals surface area contributed by atoms with Crippen LogP contribution in [0, 0.1) is 0 Å². The van der Waals surface area contributed by atoms with Gasteiger partial charge in [-0.05, 0) is 18.6 Å². The maximum absolute atomic E-state index is 11.8. The van der Waals surface area contributed by atoms with Crippen LogP contribution < -0.4 is 10.6 Å². The van der Waals surface area contributed by atoms with Gasteiger partial charge in [-0.1, -0.05) is 5.21 Å². The van der Waals surface area contributed by atoms with Crippen molar-refractivity contribution in [3.05, 3.63) is 36.4 Å². The van der Waals surface area contributed by atoms with Crippen molar-refractivity contribution in [2.45, 2.75) is 13.0 Å². The van der Waals surface area contributed by atoms with E-state index in [1.165, 1.54) is 0 Å². The molecule has 2 aromatic heterocycles. The first-order valence-corrected chi connectivity index (χ1v) is 6.05. The van der Waals surface area contributed by atoms with Crippen LogP contribution in [0.4, 0.5) is 5.69 Å². The fourth-order valence-corrected chi connectivity index (χ4v) is 1.60. The topological polar surface area (TPSA) is 84.7 Å². The molecule has 2 N–H and O–H groups in total. The van der Waals surface area contributed by atoms with Gasteiger partial charge in [-0.25, -0.2) is 0 Å². The summed E-state index contributed by atoms with van der Waals surface area (Å²) in [6.07, 6.45) is 5.82. The fourth-order valence-electron chi connectivity index (χ4n) is 1.60. The number of hydrogen-bond acceptors (Lipinski definition) is 5. The van der Waals surface area contributed by atoms with Crippen molar-refractivity contribution >= 4 is 11.6 Å². The van der Waals surface area contributed by atoms with E-state index in [0.717, 1.165) is 18.7 Å². The summed E-state index contributed by atoms with van der Waals surface area (Å²) in [4.78, 5) is 15.9. The average molecular weight is 260 g/mol. The average Bonchev–Trinajstić information content (AvgIpc) is 2.96. The molecular formula is C12H16N6O. The quantitative estimate of drug-likeness (QED) is 0.740. The third kappa shape index (κ3) is 3.77. The van der Waals surface area contributed by atoms with E-state index >= 15 is 0 Å². The molecule has 19 heavy (non-hydrogen) atoms. The molecule has 0 spiro atoms. The van der Waals surface area contributed by atoms with E-state index in [0.29, 0.717) is 12.2 Å². The molecule has 7 heteroatoms. The van der Waals surface area contributed by atoms with Crippen LogP contribution in [0.25, 0.3) is 0 Å². The molecule has 0 bridgehead atoms. The molecule has 0 aliphatic heterocycles. The number of hydrogen-bond donors (Lipinski definition) is 2. The van der Waals surface area contributed by atoms with E-state index in [4.69, 9.17) is 0 Å². The van der Waals surface area contributed by atoms with E-state index in [1.54, 1.807) is 36.4 Å². The van der Waals surface area contributed by atoms with Crippen LogP contribution in [0.3, 0.4) is 0 Å². The van der Waals surface area contributed by atoms with Crippen LogP contribution >= 0.6 is 0 Å². The summed E-state index contributed by atoms with van der Waals surface area (Å²) in [5.41, 5.74) is 1.27. The lowest BCUT2D eigenvalue weighted by atomic mass is 10.3. The summed E-state index contributed by atoms with van der Waals surface area (Å²) in [6.45, 7) is 1.30. The van der Waals surface area contributed by atoms with Crippen molar-refractivity contribution in [3.63, 3.8) is 0 Å². The highest BCUT2D eigenvalue weighted by Gasteiger charge is 2.06. The van der Waals surface area contributed by atoms with Crippen LogP contribution in [0.1, 0.15) is 16.9 Å². The monoisotopic (exact) mass is 260 g/mol. The summed E-state index contributed by atoms with van der Waals surface area (Å²) < 4.78 is 1.73. The minimum absolute atomic E-state index is 0.171. The molecule has 2 aromatic rings. The van der Waals surface area contributed by atoms with Crippen LogP contribution in [-0.4, -0.2) is 39.5 Å². The van der Waals surface area contributed by atoms with Crippen molar-refractivity contribution in [2.24, 2.45) is 0 Å². The molecule has 0 radical (unpaired) electrons. The fraction of sp³-hybridized carbons (Fsp3) is 0.333. The van der Waals surface area contributed by atoms with Gasteiger partial charge in [0, 0.05) is 38.2 Å². The first kappa shape index (κ1) is 13.0. The van der Waals surface area contributed by atoms with Gasteiger partial charge < -0.3 is 10.6 Å². The van der Waals surface area contributed by atoms with Crippen LogP contribution in [0.2, 0.25) is 0 Å². The zero-order chi connectivity index (χ0) is 13.5. The highest BCUT2D eigenvalue weighted by Crippen LogP contribution is 2.06. The molecule has 0 fully saturated rings. The van der Waals surface area contributed by atoms with Gasteiger partial charge in [0.1, 0.15) is 5.69 Å². The summed E-state index contributed by atoms with van der Waals surface area (Å²) >= 11 is 0. The Bertz CT molecular complexity index is 525. The Kier molecular flexibility index (Phi) is 4.44. The lowest BCUT2D eigenvalue weighted by Crippen LogP contribution is -2.26. The Morgan fingerprint density at radius 1 is 1.42 bits per heavy atom. The van der Waals surface area contributed by atoms with Crippen LogP contribution in [-0.2, 0) is 6.54 Å². The number of amides is 1. The van der Waals surface area contributed by atoms with Crippen LogP contribution in [0.5, 0.6) is 0 Å². The number of carbonyl (C=O) groups excluding carboxylic acids is 1. The van der Waals surface area contributed by atoms with Gasteiger partial charge in [-0.3, -0.25) is 14.5 Å². The van der Waals surface area contributed by atoms with Gasteiger partial charge in [0.2, 0.25) is 0 Å². The second kappa shape index (κ2) is 6.48. The Morgan fingerprint density at radius 2 is 2.32 bits per heavy atom. The molecule has 0 atom stereocenters. The molecule has 2 heterocycles. The number of aromatic nitrogens is 4. The van der Waals surface area contributed by atoms with Crippen LogP contribution in [0.15, 0.2) is 30.7 Å². The second-order valence-corrected chi connectivity index (χ2v) is 3.96. The summed E-state index contributed by atoms with van der Waals surface area (Å²) in [7, 11) is 1.80. The highest BCUT2D eigenvalue weighted by molar-refractivity contribution is 5.93. The molecule has 0 saturated carbocycles. The second-order valence-electron chi connectivity index (χ2n) is 3.96. The smallest absolute Gasteiger partial charge is 0.269 e. The number of nitrogens with zero attached hydrogens (tertiary/aromatic N) is 4. The predicted molar refractivity (Wildman–Crippen MR) is 70.8 cm³/mol. The number of rotatable bonds is 6. The van der Waals surface area contributed by atoms with Crippen molar-refractivity contribution in [1.29, 1.82) is 0 Å². The molecule has 0 aliphatic rings. The molecule has 7 nitrogen and oxygen atoms in total. The lowest BCUT2D eigenvalue weighted by Gasteiger charge is -2.06. The molecule has 0 aliphatic carbocycles. The summed E-state index contributed by atoms with van der Waals surface area (Å²) in [5, 5.41) is 13.3. The summed E-state index contributed by atoms with van der Waals surface area (Å²) in [6, 6.07) is 3.52. The Balaban J connectivity index is 1.77. The maximum atomic E-state index is 11.8. The Hall–Kier alpha value is -2.44. The Morgan fingerprint density at radius 3 is 3.05 bits per heavy atom. The zero-order valence-corrected chi connectivity index (χ0v) is 10.7. The third-order valence-corrected chi connectivity index (χ3v) is 2.60. The number of nitrogens with one attached hydrogen (secondary N) is 2. The predicted octanol–water partition coefficient (Wildman–Crippen LogP) is 0.535. The minimum Gasteiger partial charge on any atom is -0.388 e. The normalized spacial score (nSPS) is 10.2. The summed E-state index contributed by atoms with van der Waals surface area (Å²) in [5.74, 6) is -0.171. The van der Waals surface area contributed by atoms with Crippen molar-refractivity contribution < 1.29 is 4.79 Å². The standard InChI is InChI=1S/C12H16N6O/c1-13-10-3-5-14-11(9-10)12(19)15-4-2-7-18-8-6-16-17-18/h3,5-6,8-9H,2,4,7H2,1H3,(H,13,14)(H,15,19). The molecule has 0 unspecified atom stereocenters. The van der Waals surface area contributed by atoms with E-state index < -0.39 is 0 Å². The molecular weight excluding hydrogens is 244 g/mol. The van der Waals surface area contributed by atoms with Gasteiger partial charge in [-0.2, -0.15) is 0 Å². The van der Waals surface area contributed by atoms with Crippen molar-refractivity contribution in [2.75, 3.05) is 18.9 Å². The zero-order valence-electron chi connectivity index (χ0n) is 10.7. The van der Waals surface area contributed by atoms with Gasteiger partial charge in [-0.15, -0.1) is 5.10 Å². The molecule has 0 aromatic carbocycles. The molecule has 0 saturated heterocycles. The Labute approximate surface area is 111 Å². The van der Waals surface area contributed by atoms with E-state index in [-0.39, 0.29) is 5.91 Å². The molecule has 2 rings (SSSR count). The largest absolute Gasteiger partial charge is 0.388 e. The van der Waals surface area contributed by atoms with Crippen molar-refractivity contribution in [3.8, 4) is 0 Å². The molecule has 1 amide bonds. The van der Waals surface area contributed by atoms with Gasteiger partial charge >= 0.3 is 0 Å². The van der Waals surface area contributed by atoms with E-state index in [9.17, 15) is 4.79 Å². The van der Waals surface area contributed by atoms with Gasteiger partial charge in [0.15, 0.2) is 0 Å². The number of aryl methyl sites for hydroxylation is 1. The number of anilines is 1. The third-order valence-electron chi connectivity index (χ3n) is 2.60. The van der Waals surface area contributed by atoms with E-state index in [1.807, 2.05) is 6.07 Å². The van der Waals surface area contributed by atoms with Crippen molar-refractivity contribution in [1.82, 2.24) is 25.3 Å². The van der Waals surface area contributed by atoms with E-state index in [2.05, 4.69) is 25.9 Å². The first-order chi connectivity index (χ1) is 9.29. The molecule has 100 valence electrons. The highest BCUT2D eigenvalue weighted by atomic mass is 16.1. The minimum atomic E-state index is -0.171. The van der Waals surface area contributed by atoms with Gasteiger partial charge in [0.05, 0.1) is 6.20 Å². The van der Waals surface area contributed by atoms with Gasteiger partial charge in [0.25, 0.3) is 5.91 Å². The first-order valence-electron chi connectivity index (χ1n) is 6.05. The lowest BCUT2D eigenvalue weighted by molar-refractivity contribution is 0.0947. The SMILES string of the molecule is CNc1ccnc(C(=O)NCCCn2ccnn2)c1. The number of carbonyl (C=O) groups is 1.